The second kappa shape index (κ2) is 7.41. The van der Waals surface area contributed by atoms with Crippen molar-refractivity contribution >= 4 is 16.0 Å². The smallest absolute Gasteiger partial charge is 0.337 e. The Morgan fingerprint density at radius 1 is 1.24 bits per heavy atom. The number of piperazine rings is 1. The molecule has 3 rings (SSSR count). The van der Waals surface area contributed by atoms with Crippen molar-refractivity contribution in [2.75, 3.05) is 46.4 Å². The SMILES string of the molecule is COC(=O)c1ccc(C)c(S(=O)(=O)N2CCC(N3CCNCC3)C2)c1. The second-order valence-corrected chi connectivity index (χ2v) is 8.47. The predicted octanol–water partition coefficient (Wildman–Crippen LogP) is 0.450. The number of ether oxygens (including phenoxy) is 1. The summed E-state index contributed by atoms with van der Waals surface area (Å²) in [5.41, 5.74) is 0.891. The van der Waals surface area contributed by atoms with Crippen LogP contribution in [0.3, 0.4) is 0 Å². The summed E-state index contributed by atoms with van der Waals surface area (Å²) in [6.07, 6.45) is 0.842. The molecule has 25 heavy (non-hydrogen) atoms. The van der Waals surface area contributed by atoms with E-state index >= 15 is 0 Å². The Hall–Kier alpha value is -1.48. The zero-order valence-electron chi connectivity index (χ0n) is 14.7. The zero-order chi connectivity index (χ0) is 18.0. The Morgan fingerprint density at radius 3 is 2.64 bits per heavy atom. The van der Waals surface area contributed by atoms with E-state index < -0.39 is 16.0 Å². The van der Waals surface area contributed by atoms with E-state index in [1.807, 2.05) is 0 Å². The molecule has 1 aromatic rings. The van der Waals surface area contributed by atoms with Gasteiger partial charge in [0.2, 0.25) is 10.0 Å². The molecule has 0 amide bonds. The van der Waals surface area contributed by atoms with Crippen LogP contribution in [0.15, 0.2) is 23.1 Å². The van der Waals surface area contributed by atoms with Gasteiger partial charge in [0.15, 0.2) is 0 Å². The van der Waals surface area contributed by atoms with Crippen LogP contribution in [0, 0.1) is 6.92 Å². The molecule has 0 saturated carbocycles. The number of nitrogens with one attached hydrogen (secondary N) is 1. The van der Waals surface area contributed by atoms with Gasteiger partial charge in [0.05, 0.1) is 17.6 Å². The van der Waals surface area contributed by atoms with Crippen LogP contribution in [0.5, 0.6) is 0 Å². The van der Waals surface area contributed by atoms with Crippen LogP contribution in [0.1, 0.15) is 22.3 Å². The van der Waals surface area contributed by atoms with Crippen LogP contribution in [-0.4, -0.2) is 76.0 Å². The van der Waals surface area contributed by atoms with Gasteiger partial charge >= 0.3 is 5.97 Å². The largest absolute Gasteiger partial charge is 0.465 e. The monoisotopic (exact) mass is 367 g/mol. The van der Waals surface area contributed by atoms with E-state index in [-0.39, 0.29) is 16.5 Å². The second-order valence-electron chi connectivity index (χ2n) is 6.56. The average Bonchev–Trinajstić information content (AvgIpc) is 3.13. The molecule has 0 aliphatic carbocycles. The number of benzene rings is 1. The molecule has 0 bridgehead atoms. The summed E-state index contributed by atoms with van der Waals surface area (Å²) >= 11 is 0. The molecule has 2 aliphatic heterocycles. The van der Waals surface area contributed by atoms with Gasteiger partial charge in [-0.2, -0.15) is 4.31 Å². The van der Waals surface area contributed by atoms with Crippen molar-refractivity contribution in [1.82, 2.24) is 14.5 Å². The van der Waals surface area contributed by atoms with Gasteiger partial charge in [-0.15, -0.1) is 0 Å². The third-order valence-corrected chi connectivity index (χ3v) is 7.03. The summed E-state index contributed by atoms with van der Waals surface area (Å²) in [4.78, 5) is 14.3. The number of carbonyl (C=O) groups is 1. The maximum Gasteiger partial charge on any atom is 0.337 e. The van der Waals surface area contributed by atoms with Gasteiger partial charge in [-0.3, -0.25) is 4.90 Å². The third kappa shape index (κ3) is 3.72. The maximum absolute atomic E-state index is 13.1. The molecule has 1 N–H and O–H groups in total. The van der Waals surface area contributed by atoms with Gasteiger partial charge < -0.3 is 10.1 Å². The number of methoxy groups -OCH3 is 1. The number of nitrogens with zero attached hydrogens (tertiary/aromatic N) is 2. The van der Waals surface area contributed by atoms with Crippen LogP contribution >= 0.6 is 0 Å². The fraction of sp³-hybridized carbons (Fsp3) is 0.588. The summed E-state index contributed by atoms with van der Waals surface area (Å²) in [5, 5.41) is 3.32. The molecular weight excluding hydrogens is 342 g/mol. The average molecular weight is 367 g/mol. The molecule has 2 aliphatic rings. The molecular formula is C17H25N3O4S. The Kier molecular flexibility index (Phi) is 5.43. The fourth-order valence-electron chi connectivity index (χ4n) is 3.54. The van der Waals surface area contributed by atoms with Gasteiger partial charge in [-0.1, -0.05) is 6.07 Å². The number of carbonyl (C=O) groups excluding carboxylic acids is 1. The Labute approximate surface area is 149 Å². The number of sulfonamides is 1. The standard InChI is InChI=1S/C17H25N3O4S/c1-13-3-4-14(17(21)24-2)11-16(13)25(22,23)20-8-5-15(12-20)19-9-6-18-7-10-19/h3-4,11,15,18H,5-10,12H2,1-2H3. The Bertz CT molecular complexity index is 744. The van der Waals surface area contributed by atoms with Crippen molar-refractivity contribution in [3.8, 4) is 0 Å². The molecule has 0 aromatic heterocycles. The minimum absolute atomic E-state index is 0.191. The third-order valence-electron chi connectivity index (χ3n) is 5.02. The first-order valence-corrected chi connectivity index (χ1v) is 10.0. The number of esters is 1. The first-order valence-electron chi connectivity index (χ1n) is 8.57. The Morgan fingerprint density at radius 2 is 1.96 bits per heavy atom. The molecule has 2 saturated heterocycles. The molecule has 0 spiro atoms. The van der Waals surface area contributed by atoms with E-state index in [0.29, 0.717) is 18.7 Å². The lowest BCUT2D eigenvalue weighted by molar-refractivity contribution is 0.0600. The first-order chi connectivity index (χ1) is 11.9. The van der Waals surface area contributed by atoms with Crippen LogP contribution in [-0.2, 0) is 14.8 Å². The molecule has 138 valence electrons. The minimum atomic E-state index is -3.62. The summed E-state index contributed by atoms with van der Waals surface area (Å²) in [7, 11) is -2.34. The van der Waals surface area contributed by atoms with Crippen LogP contribution in [0.25, 0.3) is 0 Å². The van der Waals surface area contributed by atoms with Gasteiger partial charge in [-0.25, -0.2) is 13.2 Å². The highest BCUT2D eigenvalue weighted by Gasteiger charge is 2.36. The normalized spacial score (nSPS) is 22.9. The lowest BCUT2D eigenvalue weighted by Crippen LogP contribution is -2.49. The van der Waals surface area contributed by atoms with Crippen LogP contribution < -0.4 is 5.32 Å². The summed E-state index contributed by atoms with van der Waals surface area (Å²) in [6, 6.07) is 4.94. The van der Waals surface area contributed by atoms with Crippen molar-refractivity contribution < 1.29 is 17.9 Å². The Balaban J connectivity index is 1.81. The molecule has 1 atom stereocenters. The fourth-order valence-corrected chi connectivity index (χ4v) is 5.28. The van der Waals surface area contributed by atoms with Crippen LogP contribution in [0.4, 0.5) is 0 Å². The minimum Gasteiger partial charge on any atom is -0.465 e. The van der Waals surface area contributed by atoms with E-state index in [2.05, 4.69) is 10.2 Å². The van der Waals surface area contributed by atoms with E-state index in [9.17, 15) is 13.2 Å². The van der Waals surface area contributed by atoms with Crippen molar-refractivity contribution in [2.45, 2.75) is 24.3 Å². The maximum atomic E-state index is 13.1. The number of aryl methyl sites for hydroxylation is 1. The van der Waals surface area contributed by atoms with E-state index in [4.69, 9.17) is 4.74 Å². The molecule has 1 aromatic carbocycles. The quantitative estimate of drug-likeness (QED) is 0.779. The molecule has 7 nitrogen and oxygen atoms in total. The van der Waals surface area contributed by atoms with Gasteiger partial charge in [0.1, 0.15) is 0 Å². The topological polar surface area (TPSA) is 79.0 Å². The summed E-state index contributed by atoms with van der Waals surface area (Å²) in [6.45, 7) is 6.57. The lowest BCUT2D eigenvalue weighted by Gasteiger charge is -2.32. The van der Waals surface area contributed by atoms with Gasteiger partial charge in [-0.05, 0) is 31.0 Å². The highest BCUT2D eigenvalue weighted by molar-refractivity contribution is 7.89. The number of rotatable bonds is 4. The van der Waals surface area contributed by atoms with Gasteiger partial charge in [0.25, 0.3) is 0 Å². The number of hydrogen-bond donors (Lipinski definition) is 1. The van der Waals surface area contributed by atoms with Crippen LogP contribution in [0.2, 0.25) is 0 Å². The highest BCUT2D eigenvalue weighted by atomic mass is 32.2. The van der Waals surface area contributed by atoms with E-state index in [1.165, 1.54) is 13.2 Å². The van der Waals surface area contributed by atoms with Crippen molar-refractivity contribution in [1.29, 1.82) is 0 Å². The van der Waals surface area contributed by atoms with E-state index in [1.54, 1.807) is 23.4 Å². The highest BCUT2D eigenvalue weighted by Crippen LogP contribution is 2.26. The molecule has 1 unspecified atom stereocenters. The molecule has 0 radical (unpaired) electrons. The predicted molar refractivity (Wildman–Crippen MR) is 94.1 cm³/mol. The first kappa shape index (κ1) is 18.3. The van der Waals surface area contributed by atoms with Gasteiger partial charge in [0, 0.05) is 45.3 Å². The molecule has 8 heteroatoms. The summed E-state index contributed by atoms with van der Waals surface area (Å²) < 4.78 is 32.4. The zero-order valence-corrected chi connectivity index (χ0v) is 15.5. The van der Waals surface area contributed by atoms with E-state index in [0.717, 1.165) is 32.6 Å². The van der Waals surface area contributed by atoms with Crippen molar-refractivity contribution in [2.24, 2.45) is 0 Å². The van der Waals surface area contributed by atoms with Crippen molar-refractivity contribution in [3.05, 3.63) is 29.3 Å². The number of hydrogen-bond acceptors (Lipinski definition) is 6. The van der Waals surface area contributed by atoms with Crippen molar-refractivity contribution in [3.63, 3.8) is 0 Å². The molecule has 2 fully saturated rings. The lowest BCUT2D eigenvalue weighted by atomic mass is 10.1. The molecule has 2 heterocycles. The summed E-state index contributed by atoms with van der Waals surface area (Å²) in [5.74, 6) is -0.531.